The number of methoxy groups -OCH3 is 1. The lowest BCUT2D eigenvalue weighted by Gasteiger charge is -2.31. The summed E-state index contributed by atoms with van der Waals surface area (Å²) in [6, 6.07) is 4.34. The number of rotatable bonds is 8. The maximum atomic E-state index is 14.7. The van der Waals surface area contributed by atoms with E-state index in [4.69, 9.17) is 4.74 Å². The summed E-state index contributed by atoms with van der Waals surface area (Å²) in [5.41, 5.74) is 0.713. The zero-order chi connectivity index (χ0) is 41.4. The Morgan fingerprint density at radius 3 is 2.30 bits per heavy atom. The Bertz CT molecular complexity index is 1810. The highest BCUT2D eigenvalue weighted by Crippen LogP contribution is 2.27. The molecule has 7 N–H and O–H groups in total. The number of hydrogen-bond acceptors (Lipinski definition) is 10. The third-order valence-corrected chi connectivity index (χ3v) is 10.7. The molecule has 17 heteroatoms. The molecule has 1 aromatic heterocycles. The normalized spacial score (nSPS) is 28.3. The highest BCUT2D eigenvalue weighted by molar-refractivity contribution is 5.98. The molecule has 3 aliphatic rings. The van der Waals surface area contributed by atoms with E-state index in [0.29, 0.717) is 30.6 Å². The summed E-state index contributed by atoms with van der Waals surface area (Å²) in [4.78, 5) is 103. The summed E-state index contributed by atoms with van der Waals surface area (Å²) in [6.45, 7) is 6.42. The number of carbonyl (C=O) groups excluding carboxylic acids is 7. The number of fused-ring (bicyclic) bond motifs is 2. The molecule has 7 amide bonds. The molecule has 1 aromatic carbocycles. The lowest BCUT2D eigenvalue weighted by Crippen LogP contribution is -2.61. The summed E-state index contributed by atoms with van der Waals surface area (Å²) >= 11 is 0. The van der Waals surface area contributed by atoms with Crippen LogP contribution >= 0.6 is 0 Å². The standard InChI is InChI=1S/C40H54N8O9/c1-21(2)16-30-37(53)47-33(23(4)49)39(55)46-31(17-24-10-7-6-8-11-24)40(56)48-20-25(43-36(52)29-19-26(57-5)14-15-41-29)18-32(48)38(54)42-22(3)34(50)44-28-13-9-12-27(28)35(51)45-30/h6-8,10-11,14-15,19,21-23,25,27-28,30-33,49H,9,12-13,16-18,20H2,1-5H3,(H,42,54)(H,43,52)(H,44,50)(H,45,51)(H,46,55)(H,47,53)/t22-,23+,25+,27+,28+,30-,31-,32?,33-/m0/s1. The number of benzene rings is 1. The van der Waals surface area contributed by atoms with E-state index in [1.807, 2.05) is 13.8 Å². The molecule has 3 fully saturated rings. The lowest BCUT2D eigenvalue weighted by molar-refractivity contribution is -0.143. The van der Waals surface area contributed by atoms with Crippen molar-refractivity contribution in [2.75, 3.05) is 13.7 Å². The summed E-state index contributed by atoms with van der Waals surface area (Å²) in [5, 5.41) is 27.4. The Kier molecular flexibility index (Phi) is 14.2. The molecule has 0 bridgehead atoms. The van der Waals surface area contributed by atoms with Gasteiger partial charge in [0, 0.05) is 37.3 Å². The van der Waals surface area contributed by atoms with Crippen molar-refractivity contribution >= 4 is 41.4 Å². The number of aliphatic hydroxyl groups is 1. The van der Waals surface area contributed by atoms with Gasteiger partial charge in [-0.25, -0.2) is 0 Å². The number of nitrogens with one attached hydrogen (secondary N) is 6. The third kappa shape index (κ3) is 10.8. The van der Waals surface area contributed by atoms with Crippen molar-refractivity contribution in [1.82, 2.24) is 41.8 Å². The van der Waals surface area contributed by atoms with Crippen LogP contribution in [0.3, 0.4) is 0 Å². The van der Waals surface area contributed by atoms with Gasteiger partial charge in [-0.2, -0.15) is 0 Å². The molecule has 2 aliphatic heterocycles. The monoisotopic (exact) mass is 790 g/mol. The molecular formula is C40H54N8O9. The van der Waals surface area contributed by atoms with Crippen LogP contribution in [0.15, 0.2) is 48.7 Å². The van der Waals surface area contributed by atoms with Crippen molar-refractivity contribution in [3.8, 4) is 5.75 Å². The second kappa shape index (κ2) is 19.0. The van der Waals surface area contributed by atoms with Gasteiger partial charge in [0.15, 0.2) is 0 Å². The molecule has 5 rings (SSSR count). The van der Waals surface area contributed by atoms with E-state index in [1.54, 1.807) is 36.4 Å². The van der Waals surface area contributed by atoms with Crippen LogP contribution in [0.2, 0.25) is 0 Å². The third-order valence-electron chi connectivity index (χ3n) is 10.7. The Morgan fingerprint density at radius 1 is 0.895 bits per heavy atom. The fourth-order valence-corrected chi connectivity index (χ4v) is 7.64. The topological polar surface area (TPSA) is 237 Å². The molecule has 17 nitrogen and oxygen atoms in total. The van der Waals surface area contributed by atoms with Crippen molar-refractivity contribution in [3.05, 3.63) is 59.9 Å². The van der Waals surface area contributed by atoms with Crippen molar-refractivity contribution in [2.24, 2.45) is 11.8 Å². The van der Waals surface area contributed by atoms with Crippen molar-refractivity contribution < 1.29 is 43.4 Å². The van der Waals surface area contributed by atoms with E-state index in [-0.39, 0.29) is 37.4 Å². The fraction of sp³-hybridized carbons (Fsp3) is 0.550. The Balaban J connectivity index is 1.51. The van der Waals surface area contributed by atoms with Gasteiger partial charge in [-0.05, 0) is 57.1 Å². The first-order chi connectivity index (χ1) is 27.1. The Hall–Kier alpha value is -5.58. The largest absolute Gasteiger partial charge is 0.497 e. The number of aromatic nitrogens is 1. The van der Waals surface area contributed by atoms with Crippen LogP contribution in [-0.2, 0) is 35.2 Å². The maximum Gasteiger partial charge on any atom is 0.270 e. The van der Waals surface area contributed by atoms with Gasteiger partial charge in [-0.1, -0.05) is 50.6 Å². The van der Waals surface area contributed by atoms with E-state index in [0.717, 1.165) is 0 Å². The van der Waals surface area contributed by atoms with Crippen LogP contribution in [0.25, 0.3) is 0 Å². The van der Waals surface area contributed by atoms with Crippen molar-refractivity contribution in [2.45, 2.75) is 115 Å². The molecule has 2 saturated heterocycles. The molecule has 3 heterocycles. The van der Waals surface area contributed by atoms with Crippen LogP contribution in [0.4, 0.5) is 0 Å². The van der Waals surface area contributed by atoms with E-state index in [9.17, 15) is 38.7 Å². The number of ether oxygens (including phenoxy) is 1. The quantitative estimate of drug-likeness (QED) is 0.185. The fourth-order valence-electron chi connectivity index (χ4n) is 7.64. The average Bonchev–Trinajstić information content (AvgIpc) is 3.83. The van der Waals surface area contributed by atoms with Gasteiger partial charge in [0.05, 0.1) is 19.1 Å². The molecule has 1 saturated carbocycles. The highest BCUT2D eigenvalue weighted by atomic mass is 16.5. The zero-order valence-electron chi connectivity index (χ0n) is 32.9. The van der Waals surface area contributed by atoms with Gasteiger partial charge < -0.3 is 46.6 Å². The number of pyridine rings is 1. The molecular weight excluding hydrogens is 736 g/mol. The van der Waals surface area contributed by atoms with Gasteiger partial charge in [0.1, 0.15) is 41.7 Å². The minimum atomic E-state index is -1.53. The first-order valence-corrected chi connectivity index (χ1v) is 19.5. The molecule has 0 radical (unpaired) electrons. The predicted molar refractivity (Wildman–Crippen MR) is 206 cm³/mol. The summed E-state index contributed by atoms with van der Waals surface area (Å²) in [5.74, 6) is -4.78. The molecule has 9 atom stereocenters. The summed E-state index contributed by atoms with van der Waals surface area (Å²) in [6.07, 6.45) is 1.72. The summed E-state index contributed by atoms with van der Waals surface area (Å²) < 4.78 is 5.22. The van der Waals surface area contributed by atoms with Crippen LogP contribution in [0.1, 0.15) is 75.9 Å². The van der Waals surface area contributed by atoms with Crippen LogP contribution in [0, 0.1) is 11.8 Å². The van der Waals surface area contributed by atoms with Gasteiger partial charge in [-0.15, -0.1) is 0 Å². The number of nitrogens with zero attached hydrogens (tertiary/aromatic N) is 2. The molecule has 1 unspecified atom stereocenters. The van der Waals surface area contributed by atoms with Gasteiger partial charge in [-0.3, -0.25) is 38.5 Å². The minimum absolute atomic E-state index is 0.0326. The van der Waals surface area contributed by atoms with Gasteiger partial charge in [0.2, 0.25) is 35.4 Å². The Labute approximate surface area is 331 Å². The Morgan fingerprint density at radius 2 is 1.61 bits per heavy atom. The lowest BCUT2D eigenvalue weighted by atomic mass is 9.98. The smallest absolute Gasteiger partial charge is 0.270 e. The van der Waals surface area contributed by atoms with Crippen LogP contribution in [-0.4, -0.2) is 118 Å². The van der Waals surface area contributed by atoms with E-state index in [2.05, 4.69) is 36.9 Å². The van der Waals surface area contributed by atoms with Gasteiger partial charge >= 0.3 is 0 Å². The minimum Gasteiger partial charge on any atom is -0.497 e. The number of carbonyl (C=O) groups is 7. The number of aliphatic hydroxyl groups excluding tert-OH is 1. The zero-order valence-corrected chi connectivity index (χ0v) is 32.9. The number of amides is 7. The first-order valence-electron chi connectivity index (χ1n) is 19.5. The van der Waals surface area contributed by atoms with Crippen molar-refractivity contribution in [1.29, 1.82) is 0 Å². The second-order valence-corrected chi connectivity index (χ2v) is 15.5. The van der Waals surface area contributed by atoms with E-state index < -0.39 is 95.7 Å². The highest BCUT2D eigenvalue weighted by Gasteiger charge is 2.45. The molecule has 2 aromatic rings. The summed E-state index contributed by atoms with van der Waals surface area (Å²) in [7, 11) is 1.45. The van der Waals surface area contributed by atoms with Crippen LogP contribution < -0.4 is 36.6 Å². The molecule has 57 heavy (non-hydrogen) atoms. The van der Waals surface area contributed by atoms with Gasteiger partial charge in [0.25, 0.3) is 5.91 Å². The van der Waals surface area contributed by atoms with E-state index in [1.165, 1.54) is 38.1 Å². The predicted octanol–water partition coefficient (Wildman–Crippen LogP) is -0.283. The molecule has 308 valence electrons. The molecule has 0 spiro atoms. The van der Waals surface area contributed by atoms with E-state index >= 15 is 0 Å². The average molecular weight is 791 g/mol. The van der Waals surface area contributed by atoms with Crippen molar-refractivity contribution in [3.63, 3.8) is 0 Å². The SMILES string of the molecule is COc1ccnc(C(=O)N[C@@H]2CC3C(=O)N[C@@H](C)C(=O)N[C@@H]4CCC[C@H]4C(=O)N[C@@H](CC(C)C)C(=O)N[C@@H]([C@@H](C)O)C(=O)N[C@@H](Cc4ccccc4)C(=O)N3C2)c1. The molecule has 1 aliphatic carbocycles. The number of hydrogen-bond donors (Lipinski definition) is 7. The first kappa shape index (κ1) is 42.6. The van der Waals surface area contributed by atoms with Crippen LogP contribution in [0.5, 0.6) is 5.75 Å². The maximum absolute atomic E-state index is 14.7. The second-order valence-electron chi connectivity index (χ2n) is 15.5.